The Morgan fingerprint density at radius 3 is 2.61 bits per heavy atom. The minimum absolute atomic E-state index is 0.453. The average Bonchev–Trinajstić information content (AvgIpc) is 2.47. The fraction of sp³-hybridized carbons (Fsp3) is 1.00. The minimum atomic E-state index is -0.515. The fourth-order valence-corrected chi connectivity index (χ4v) is 2.33. The Labute approximate surface area is 111 Å². The van der Waals surface area contributed by atoms with Gasteiger partial charge in [0.1, 0.15) is 0 Å². The van der Waals surface area contributed by atoms with Crippen LogP contribution in [0, 0.1) is 0 Å². The largest absolute Gasteiger partial charge is 0.390 e. The van der Waals surface area contributed by atoms with Gasteiger partial charge in [0.05, 0.1) is 17.3 Å². The first kappa shape index (κ1) is 15.9. The van der Waals surface area contributed by atoms with E-state index in [1.165, 1.54) is 0 Å². The first-order valence-electron chi connectivity index (χ1n) is 6.95. The Morgan fingerprint density at radius 1 is 1.33 bits per heavy atom. The third kappa shape index (κ3) is 4.84. The van der Waals surface area contributed by atoms with Gasteiger partial charge in [0.15, 0.2) is 0 Å². The number of rotatable bonds is 5. The van der Waals surface area contributed by atoms with Gasteiger partial charge in [-0.1, -0.05) is 0 Å². The number of ether oxygens (including phenoxy) is 1. The molecule has 0 aromatic carbocycles. The van der Waals surface area contributed by atoms with E-state index in [4.69, 9.17) is 4.74 Å². The molecule has 1 heterocycles. The zero-order chi connectivity index (χ0) is 13.8. The van der Waals surface area contributed by atoms with Gasteiger partial charge in [-0.2, -0.15) is 0 Å². The molecule has 0 aromatic rings. The highest BCUT2D eigenvalue weighted by atomic mass is 16.5. The van der Waals surface area contributed by atoms with E-state index in [2.05, 4.69) is 4.90 Å². The van der Waals surface area contributed by atoms with Gasteiger partial charge in [-0.3, -0.25) is 0 Å². The summed E-state index contributed by atoms with van der Waals surface area (Å²) in [6.45, 7) is 8.52. The first-order valence-corrected chi connectivity index (χ1v) is 6.95. The van der Waals surface area contributed by atoms with Crippen molar-refractivity contribution in [3.05, 3.63) is 0 Å². The summed E-state index contributed by atoms with van der Waals surface area (Å²) in [6, 6.07) is 0. The van der Waals surface area contributed by atoms with Crippen LogP contribution in [0.25, 0.3) is 0 Å². The van der Waals surface area contributed by atoms with Crippen LogP contribution in [0.5, 0.6) is 0 Å². The maximum absolute atomic E-state index is 10.1. The van der Waals surface area contributed by atoms with E-state index in [-0.39, 0.29) is 0 Å². The second-order valence-electron chi connectivity index (χ2n) is 6.30. The van der Waals surface area contributed by atoms with Crippen LogP contribution in [-0.2, 0) is 4.74 Å². The van der Waals surface area contributed by atoms with Crippen molar-refractivity contribution in [2.45, 2.75) is 63.8 Å². The zero-order valence-corrected chi connectivity index (χ0v) is 12.3. The van der Waals surface area contributed by atoms with E-state index >= 15 is 0 Å². The molecule has 1 aliphatic heterocycles. The van der Waals surface area contributed by atoms with Crippen molar-refractivity contribution in [3.63, 3.8) is 0 Å². The van der Waals surface area contributed by atoms with E-state index in [0.29, 0.717) is 6.42 Å². The van der Waals surface area contributed by atoms with E-state index in [9.17, 15) is 10.2 Å². The third-order valence-corrected chi connectivity index (χ3v) is 4.20. The van der Waals surface area contributed by atoms with Crippen LogP contribution < -0.4 is 0 Å². The van der Waals surface area contributed by atoms with Gasteiger partial charge in [0.25, 0.3) is 0 Å². The normalized spacial score (nSPS) is 29.0. The predicted molar refractivity (Wildman–Crippen MR) is 72.6 cm³/mol. The molecule has 1 fully saturated rings. The summed E-state index contributed by atoms with van der Waals surface area (Å²) in [5.74, 6) is 0. The molecule has 2 N–H and O–H groups in total. The van der Waals surface area contributed by atoms with Crippen molar-refractivity contribution in [2.24, 2.45) is 0 Å². The van der Waals surface area contributed by atoms with Crippen LogP contribution in [-0.4, -0.2) is 59.2 Å². The SMILES string of the molecule is COC(C)(C)C(O)CCN1CCCC(C)(O)CC1. The van der Waals surface area contributed by atoms with Crippen LogP contribution in [0.2, 0.25) is 0 Å². The number of hydrogen-bond acceptors (Lipinski definition) is 4. The van der Waals surface area contributed by atoms with E-state index in [1.54, 1.807) is 7.11 Å². The smallest absolute Gasteiger partial charge is 0.0880 e. The standard InChI is InChI=1S/C14H29NO3/c1-13(2,18-4)12(16)6-10-15-9-5-7-14(3,17)8-11-15/h12,16-17H,5-11H2,1-4H3. The summed E-state index contributed by atoms with van der Waals surface area (Å²) < 4.78 is 5.29. The summed E-state index contributed by atoms with van der Waals surface area (Å²) in [5.41, 5.74) is -1.00. The van der Waals surface area contributed by atoms with Crippen molar-refractivity contribution in [2.75, 3.05) is 26.7 Å². The molecule has 2 atom stereocenters. The van der Waals surface area contributed by atoms with Crippen LogP contribution >= 0.6 is 0 Å². The molecule has 4 heteroatoms. The van der Waals surface area contributed by atoms with Crippen molar-refractivity contribution in [3.8, 4) is 0 Å². The van der Waals surface area contributed by atoms with E-state index in [0.717, 1.165) is 38.9 Å². The van der Waals surface area contributed by atoms with Crippen LogP contribution in [0.3, 0.4) is 0 Å². The second-order valence-corrected chi connectivity index (χ2v) is 6.30. The van der Waals surface area contributed by atoms with Gasteiger partial charge in [0.2, 0.25) is 0 Å². The van der Waals surface area contributed by atoms with Gasteiger partial charge < -0.3 is 19.8 Å². The highest BCUT2D eigenvalue weighted by molar-refractivity contribution is 4.82. The lowest BCUT2D eigenvalue weighted by molar-refractivity contribution is -0.0823. The summed E-state index contributed by atoms with van der Waals surface area (Å²) in [5, 5.41) is 20.1. The first-order chi connectivity index (χ1) is 8.27. The Bertz CT molecular complexity index is 253. The molecule has 1 rings (SSSR count). The number of methoxy groups -OCH3 is 1. The Hall–Kier alpha value is -0.160. The minimum Gasteiger partial charge on any atom is -0.390 e. The van der Waals surface area contributed by atoms with Crippen molar-refractivity contribution < 1.29 is 14.9 Å². The lowest BCUT2D eigenvalue weighted by Crippen LogP contribution is -2.41. The molecule has 0 saturated carbocycles. The summed E-state index contributed by atoms with van der Waals surface area (Å²) in [6.07, 6.45) is 2.97. The molecule has 108 valence electrons. The molecule has 0 aromatic heterocycles. The molecule has 1 aliphatic rings. The molecule has 0 aliphatic carbocycles. The van der Waals surface area contributed by atoms with Gasteiger partial charge in [-0.15, -0.1) is 0 Å². The zero-order valence-electron chi connectivity index (χ0n) is 12.3. The molecule has 0 bridgehead atoms. The maximum Gasteiger partial charge on any atom is 0.0880 e. The van der Waals surface area contributed by atoms with Gasteiger partial charge in [-0.05, 0) is 53.0 Å². The summed E-state index contributed by atoms with van der Waals surface area (Å²) in [7, 11) is 1.63. The molecule has 18 heavy (non-hydrogen) atoms. The van der Waals surface area contributed by atoms with Crippen molar-refractivity contribution >= 4 is 0 Å². The number of hydrogen-bond donors (Lipinski definition) is 2. The molecular formula is C14H29NO3. The molecular weight excluding hydrogens is 230 g/mol. The molecule has 0 spiro atoms. The fourth-order valence-electron chi connectivity index (χ4n) is 2.33. The quantitative estimate of drug-likeness (QED) is 0.783. The average molecular weight is 259 g/mol. The van der Waals surface area contributed by atoms with E-state index < -0.39 is 17.3 Å². The van der Waals surface area contributed by atoms with Crippen molar-refractivity contribution in [1.82, 2.24) is 4.90 Å². The molecule has 1 saturated heterocycles. The molecule has 2 unspecified atom stereocenters. The lowest BCUT2D eigenvalue weighted by Gasteiger charge is -2.31. The van der Waals surface area contributed by atoms with Crippen LogP contribution in [0.1, 0.15) is 46.5 Å². The maximum atomic E-state index is 10.1. The van der Waals surface area contributed by atoms with Gasteiger partial charge in [-0.25, -0.2) is 0 Å². The number of aliphatic hydroxyl groups is 2. The monoisotopic (exact) mass is 259 g/mol. The molecule has 0 radical (unpaired) electrons. The topological polar surface area (TPSA) is 52.9 Å². The highest BCUT2D eigenvalue weighted by Gasteiger charge is 2.29. The summed E-state index contributed by atoms with van der Waals surface area (Å²) in [4.78, 5) is 2.33. The molecule has 4 nitrogen and oxygen atoms in total. The Balaban J connectivity index is 2.35. The second kappa shape index (κ2) is 6.33. The number of likely N-dealkylation sites (tertiary alicyclic amines) is 1. The number of nitrogens with zero attached hydrogens (tertiary/aromatic N) is 1. The van der Waals surface area contributed by atoms with E-state index in [1.807, 2.05) is 20.8 Å². The molecule has 0 amide bonds. The number of aliphatic hydroxyl groups excluding tert-OH is 1. The van der Waals surface area contributed by atoms with Gasteiger partial charge >= 0.3 is 0 Å². The van der Waals surface area contributed by atoms with Crippen LogP contribution in [0.15, 0.2) is 0 Å². The van der Waals surface area contributed by atoms with Crippen molar-refractivity contribution in [1.29, 1.82) is 0 Å². The predicted octanol–water partition coefficient (Wildman–Crippen LogP) is 1.40. The van der Waals surface area contributed by atoms with Crippen LogP contribution in [0.4, 0.5) is 0 Å². The lowest BCUT2D eigenvalue weighted by atomic mass is 9.98. The van der Waals surface area contributed by atoms with Gasteiger partial charge in [0, 0.05) is 20.2 Å². The Kier molecular flexibility index (Phi) is 5.59. The highest BCUT2D eigenvalue weighted by Crippen LogP contribution is 2.22. The summed E-state index contributed by atoms with van der Waals surface area (Å²) >= 11 is 0. The third-order valence-electron chi connectivity index (χ3n) is 4.20. The Morgan fingerprint density at radius 2 is 2.00 bits per heavy atom.